The van der Waals surface area contributed by atoms with Crippen LogP contribution < -0.4 is 10.6 Å². The zero-order chi connectivity index (χ0) is 15.1. The van der Waals surface area contributed by atoms with E-state index < -0.39 is 5.54 Å². The number of benzene rings is 1. The van der Waals surface area contributed by atoms with Gasteiger partial charge in [0.15, 0.2) is 0 Å². The number of hydrogen-bond acceptors (Lipinski definition) is 2. The molecule has 0 aromatic heterocycles. The summed E-state index contributed by atoms with van der Waals surface area (Å²) < 4.78 is 0. The smallest absolute Gasteiger partial charge is 0.319 e. The number of hydrogen-bond donors (Lipinski definition) is 2. The molecule has 0 unspecified atom stereocenters. The largest absolute Gasteiger partial charge is 0.320 e. The second kappa shape index (κ2) is 7.33. The van der Waals surface area contributed by atoms with Crippen molar-refractivity contribution in [3.63, 3.8) is 0 Å². The van der Waals surface area contributed by atoms with Gasteiger partial charge in [0, 0.05) is 10.7 Å². The molecule has 0 bridgehead atoms. The van der Waals surface area contributed by atoms with E-state index >= 15 is 0 Å². The summed E-state index contributed by atoms with van der Waals surface area (Å²) in [6, 6.07) is 8.89. The maximum Gasteiger partial charge on any atom is 0.320 e. The summed E-state index contributed by atoms with van der Waals surface area (Å²) in [6.07, 6.45) is 6.88. The van der Waals surface area contributed by atoms with Crippen molar-refractivity contribution in [1.82, 2.24) is 5.32 Å². The van der Waals surface area contributed by atoms with Gasteiger partial charge in [0.1, 0.15) is 5.54 Å². The number of nitriles is 1. The van der Waals surface area contributed by atoms with E-state index in [-0.39, 0.29) is 6.03 Å². The Morgan fingerprint density at radius 1 is 1.10 bits per heavy atom. The standard InChI is InChI=1S/C16H20ClN3O/c17-13-6-8-14(9-7-13)19-15(21)20-16(12-18)10-4-2-1-3-5-11-16/h6-9H,1-5,10-11H2,(H2,19,20,21). The van der Waals surface area contributed by atoms with E-state index in [1.807, 2.05) is 0 Å². The van der Waals surface area contributed by atoms with Crippen molar-refractivity contribution >= 4 is 23.3 Å². The number of carbonyl (C=O) groups excluding carboxylic acids is 1. The lowest BCUT2D eigenvalue weighted by Crippen LogP contribution is -2.49. The Morgan fingerprint density at radius 2 is 1.67 bits per heavy atom. The summed E-state index contributed by atoms with van der Waals surface area (Å²) in [4.78, 5) is 12.1. The van der Waals surface area contributed by atoms with Crippen molar-refractivity contribution in [3.05, 3.63) is 29.3 Å². The predicted molar refractivity (Wildman–Crippen MR) is 84.3 cm³/mol. The van der Waals surface area contributed by atoms with Gasteiger partial charge in [0.25, 0.3) is 0 Å². The number of carbonyl (C=O) groups is 1. The summed E-state index contributed by atoms with van der Waals surface area (Å²) in [5.74, 6) is 0. The maximum atomic E-state index is 12.1. The number of amides is 2. The van der Waals surface area contributed by atoms with Gasteiger partial charge >= 0.3 is 6.03 Å². The SMILES string of the molecule is N#CC1(NC(=O)Nc2ccc(Cl)cc2)CCCCCCC1. The topological polar surface area (TPSA) is 64.9 Å². The third-order valence-corrected chi connectivity index (χ3v) is 4.13. The molecule has 5 heteroatoms. The van der Waals surface area contributed by atoms with E-state index in [0.29, 0.717) is 10.7 Å². The lowest BCUT2D eigenvalue weighted by molar-refractivity contribution is 0.236. The van der Waals surface area contributed by atoms with Gasteiger partial charge in [-0.15, -0.1) is 0 Å². The molecule has 0 atom stereocenters. The number of rotatable bonds is 2. The van der Waals surface area contributed by atoms with Gasteiger partial charge in [-0.25, -0.2) is 4.79 Å². The molecular formula is C16H20ClN3O. The number of anilines is 1. The lowest BCUT2D eigenvalue weighted by Gasteiger charge is -2.29. The van der Waals surface area contributed by atoms with E-state index in [9.17, 15) is 10.1 Å². The second-order valence-electron chi connectivity index (χ2n) is 5.55. The van der Waals surface area contributed by atoms with Gasteiger partial charge in [-0.2, -0.15) is 5.26 Å². The molecule has 2 rings (SSSR count). The van der Waals surface area contributed by atoms with Crippen LogP contribution in [0.3, 0.4) is 0 Å². The number of nitrogens with zero attached hydrogens (tertiary/aromatic N) is 1. The minimum atomic E-state index is -0.739. The molecule has 21 heavy (non-hydrogen) atoms. The Labute approximate surface area is 130 Å². The molecule has 1 aliphatic rings. The van der Waals surface area contributed by atoms with Gasteiger partial charge in [-0.3, -0.25) is 0 Å². The normalized spacial score (nSPS) is 17.9. The molecule has 1 aliphatic carbocycles. The van der Waals surface area contributed by atoms with Crippen molar-refractivity contribution in [2.75, 3.05) is 5.32 Å². The average molecular weight is 306 g/mol. The van der Waals surface area contributed by atoms with Crippen LogP contribution in [0.1, 0.15) is 44.9 Å². The van der Waals surface area contributed by atoms with Crippen LogP contribution in [0.15, 0.2) is 24.3 Å². The van der Waals surface area contributed by atoms with Crippen LogP contribution in [0.2, 0.25) is 5.02 Å². The minimum absolute atomic E-state index is 0.334. The third-order valence-electron chi connectivity index (χ3n) is 3.88. The van der Waals surface area contributed by atoms with Crippen molar-refractivity contribution in [1.29, 1.82) is 5.26 Å². The molecule has 0 spiro atoms. The van der Waals surface area contributed by atoms with E-state index in [0.717, 1.165) is 38.5 Å². The van der Waals surface area contributed by atoms with Gasteiger partial charge in [-0.05, 0) is 37.1 Å². The van der Waals surface area contributed by atoms with E-state index in [1.165, 1.54) is 6.42 Å². The van der Waals surface area contributed by atoms with E-state index in [2.05, 4.69) is 16.7 Å². The van der Waals surface area contributed by atoms with Gasteiger partial charge < -0.3 is 10.6 Å². The van der Waals surface area contributed by atoms with Crippen LogP contribution in [0.5, 0.6) is 0 Å². The zero-order valence-corrected chi connectivity index (χ0v) is 12.7. The van der Waals surface area contributed by atoms with E-state index in [4.69, 9.17) is 11.6 Å². The highest BCUT2D eigenvalue weighted by Gasteiger charge is 2.31. The third kappa shape index (κ3) is 4.64. The highest BCUT2D eigenvalue weighted by atomic mass is 35.5. The summed E-state index contributed by atoms with van der Waals surface area (Å²) in [7, 11) is 0. The van der Waals surface area contributed by atoms with Crippen molar-refractivity contribution in [2.45, 2.75) is 50.5 Å². The molecule has 1 saturated carbocycles. The first kappa shape index (κ1) is 15.7. The molecule has 112 valence electrons. The van der Waals surface area contributed by atoms with Crippen molar-refractivity contribution < 1.29 is 4.79 Å². The number of urea groups is 1. The molecule has 0 radical (unpaired) electrons. The fraction of sp³-hybridized carbons (Fsp3) is 0.500. The zero-order valence-electron chi connectivity index (χ0n) is 12.0. The lowest BCUT2D eigenvalue weighted by atomic mass is 9.85. The highest BCUT2D eigenvalue weighted by molar-refractivity contribution is 6.30. The van der Waals surface area contributed by atoms with Crippen molar-refractivity contribution in [2.24, 2.45) is 0 Å². The van der Waals surface area contributed by atoms with Crippen LogP contribution in [0.25, 0.3) is 0 Å². The Bertz CT molecular complexity index is 513. The van der Waals surface area contributed by atoms with E-state index in [1.54, 1.807) is 24.3 Å². The Balaban J connectivity index is 1.98. The molecule has 2 amide bonds. The summed E-state index contributed by atoms with van der Waals surface area (Å²) in [6.45, 7) is 0. The minimum Gasteiger partial charge on any atom is -0.319 e. The first-order valence-electron chi connectivity index (χ1n) is 7.40. The van der Waals surface area contributed by atoms with Crippen LogP contribution >= 0.6 is 11.6 Å². The first-order chi connectivity index (χ1) is 10.1. The average Bonchev–Trinajstić information content (AvgIpc) is 2.45. The molecule has 0 heterocycles. The summed E-state index contributed by atoms with van der Waals surface area (Å²) in [5, 5.41) is 15.7. The fourth-order valence-corrected chi connectivity index (χ4v) is 2.81. The molecule has 0 saturated heterocycles. The quantitative estimate of drug-likeness (QED) is 0.846. The first-order valence-corrected chi connectivity index (χ1v) is 7.77. The maximum absolute atomic E-state index is 12.1. The molecule has 2 N–H and O–H groups in total. The Hall–Kier alpha value is -1.73. The Morgan fingerprint density at radius 3 is 2.24 bits per heavy atom. The predicted octanol–water partition coefficient (Wildman–Crippen LogP) is 4.47. The molecule has 4 nitrogen and oxygen atoms in total. The molecule has 0 aliphatic heterocycles. The van der Waals surface area contributed by atoms with Gasteiger partial charge in [0.2, 0.25) is 0 Å². The van der Waals surface area contributed by atoms with Crippen LogP contribution in [-0.4, -0.2) is 11.6 Å². The monoisotopic (exact) mass is 305 g/mol. The fourth-order valence-electron chi connectivity index (χ4n) is 2.69. The van der Waals surface area contributed by atoms with Crippen LogP contribution in [0.4, 0.5) is 10.5 Å². The molecule has 1 aromatic rings. The molecular weight excluding hydrogens is 286 g/mol. The molecule has 1 aromatic carbocycles. The Kier molecular flexibility index (Phi) is 5.46. The summed E-state index contributed by atoms with van der Waals surface area (Å²) >= 11 is 5.81. The second-order valence-corrected chi connectivity index (χ2v) is 5.98. The number of halogens is 1. The summed E-state index contributed by atoms with van der Waals surface area (Å²) in [5.41, 5.74) is -0.0763. The molecule has 1 fully saturated rings. The van der Waals surface area contributed by atoms with Crippen molar-refractivity contribution in [3.8, 4) is 6.07 Å². The highest BCUT2D eigenvalue weighted by Crippen LogP contribution is 2.26. The van der Waals surface area contributed by atoms with Gasteiger partial charge in [-0.1, -0.05) is 43.7 Å². The van der Waals surface area contributed by atoms with Gasteiger partial charge in [0.05, 0.1) is 6.07 Å². The van der Waals surface area contributed by atoms with Crippen LogP contribution in [0, 0.1) is 11.3 Å². The number of nitrogens with one attached hydrogen (secondary N) is 2. The van der Waals surface area contributed by atoms with Crippen LogP contribution in [-0.2, 0) is 0 Å².